The molecule has 0 saturated carbocycles. The molecule has 0 spiro atoms. The molecule has 0 aromatic heterocycles. The third-order valence-electron chi connectivity index (χ3n) is 3.95. The molecule has 9 heteroatoms. The van der Waals surface area contributed by atoms with Crippen LogP contribution >= 0.6 is 11.6 Å². The fourth-order valence-electron chi connectivity index (χ4n) is 2.58. The van der Waals surface area contributed by atoms with E-state index in [0.717, 1.165) is 5.56 Å². The van der Waals surface area contributed by atoms with Crippen LogP contribution in [-0.2, 0) is 21.3 Å². The van der Waals surface area contributed by atoms with Crippen molar-refractivity contribution in [1.29, 1.82) is 0 Å². The Hall–Kier alpha value is -2.13. The number of nitrogens with zero attached hydrogens (tertiary/aromatic N) is 1. The summed E-state index contributed by atoms with van der Waals surface area (Å²) in [5, 5.41) is 0.582. The molecule has 0 aliphatic heterocycles. The largest absolute Gasteiger partial charge is 0.495 e. The van der Waals surface area contributed by atoms with Crippen molar-refractivity contribution in [2.75, 3.05) is 34.4 Å². The van der Waals surface area contributed by atoms with Crippen molar-refractivity contribution in [2.45, 2.75) is 11.4 Å². The number of amides is 1. The van der Waals surface area contributed by atoms with Crippen molar-refractivity contribution >= 4 is 27.5 Å². The van der Waals surface area contributed by atoms with E-state index >= 15 is 0 Å². The van der Waals surface area contributed by atoms with Gasteiger partial charge in [-0.25, -0.2) is 13.1 Å². The van der Waals surface area contributed by atoms with Crippen molar-refractivity contribution < 1.29 is 22.7 Å². The number of halogens is 1. The topological polar surface area (TPSA) is 84.9 Å². The molecular weight excluding hydrogens is 404 g/mol. The second-order valence-electron chi connectivity index (χ2n) is 6.05. The van der Waals surface area contributed by atoms with Crippen LogP contribution in [0.25, 0.3) is 0 Å². The summed E-state index contributed by atoms with van der Waals surface area (Å²) in [5.74, 6) is -0.171. The molecule has 0 saturated heterocycles. The molecule has 0 aliphatic rings. The lowest BCUT2D eigenvalue weighted by Crippen LogP contribution is -2.29. The van der Waals surface area contributed by atoms with Gasteiger partial charge in [-0.2, -0.15) is 0 Å². The lowest BCUT2D eigenvalue weighted by atomic mass is 10.1. The second kappa shape index (κ2) is 9.88. The molecular formula is C19H23ClN2O5S. The highest BCUT2D eigenvalue weighted by atomic mass is 35.5. The smallest absolute Gasteiger partial charge is 0.253 e. The average molecular weight is 427 g/mol. The molecule has 1 amide bonds. The molecule has 0 unspecified atom stereocenters. The SMILES string of the molecule is COCCNS(=O)(=O)c1cc(C(=O)N(C)Cc2cccc(Cl)c2)ccc1OC. The monoisotopic (exact) mass is 426 g/mol. The summed E-state index contributed by atoms with van der Waals surface area (Å²) in [6.07, 6.45) is 0. The highest BCUT2D eigenvalue weighted by Gasteiger charge is 2.22. The van der Waals surface area contributed by atoms with Crippen LogP contribution < -0.4 is 9.46 Å². The van der Waals surface area contributed by atoms with Gasteiger partial charge in [-0.05, 0) is 35.9 Å². The Kier molecular flexibility index (Phi) is 7.82. The third-order valence-corrected chi connectivity index (χ3v) is 5.67. The zero-order chi connectivity index (χ0) is 20.7. The number of carbonyl (C=O) groups excluding carboxylic acids is 1. The number of nitrogens with one attached hydrogen (secondary N) is 1. The van der Waals surface area contributed by atoms with Crippen molar-refractivity contribution in [3.63, 3.8) is 0 Å². The van der Waals surface area contributed by atoms with E-state index in [-0.39, 0.29) is 35.3 Å². The van der Waals surface area contributed by atoms with Crippen LogP contribution in [0, 0.1) is 0 Å². The number of ether oxygens (including phenoxy) is 2. The number of methoxy groups -OCH3 is 2. The summed E-state index contributed by atoms with van der Waals surface area (Å²) in [5.41, 5.74) is 1.10. The molecule has 0 bridgehead atoms. The van der Waals surface area contributed by atoms with E-state index < -0.39 is 10.0 Å². The van der Waals surface area contributed by atoms with E-state index in [1.165, 1.54) is 37.3 Å². The van der Waals surface area contributed by atoms with Crippen LogP contribution in [0.3, 0.4) is 0 Å². The zero-order valence-electron chi connectivity index (χ0n) is 15.9. The van der Waals surface area contributed by atoms with Crippen molar-refractivity contribution in [3.05, 3.63) is 58.6 Å². The summed E-state index contributed by atoms with van der Waals surface area (Å²) in [6, 6.07) is 11.5. The minimum Gasteiger partial charge on any atom is -0.495 e. The van der Waals surface area contributed by atoms with Gasteiger partial charge in [0.25, 0.3) is 5.91 Å². The van der Waals surface area contributed by atoms with E-state index in [0.29, 0.717) is 11.6 Å². The van der Waals surface area contributed by atoms with Gasteiger partial charge in [0.2, 0.25) is 10.0 Å². The highest BCUT2D eigenvalue weighted by molar-refractivity contribution is 7.89. The van der Waals surface area contributed by atoms with Gasteiger partial charge in [-0.3, -0.25) is 4.79 Å². The average Bonchev–Trinajstić information content (AvgIpc) is 2.67. The second-order valence-corrected chi connectivity index (χ2v) is 8.22. The number of rotatable bonds is 9. The Morgan fingerprint density at radius 2 is 1.93 bits per heavy atom. The molecule has 0 fully saturated rings. The van der Waals surface area contributed by atoms with Crippen LogP contribution in [0.15, 0.2) is 47.4 Å². The molecule has 1 N–H and O–H groups in total. The molecule has 7 nitrogen and oxygen atoms in total. The summed E-state index contributed by atoms with van der Waals surface area (Å²) in [7, 11) is 0.620. The molecule has 28 heavy (non-hydrogen) atoms. The summed E-state index contributed by atoms with van der Waals surface area (Å²) in [6.45, 7) is 0.664. The van der Waals surface area contributed by atoms with Gasteiger partial charge in [0.05, 0.1) is 13.7 Å². The predicted octanol–water partition coefficient (Wildman–Crippen LogP) is 2.55. The van der Waals surface area contributed by atoms with Crippen molar-refractivity contribution in [3.8, 4) is 5.75 Å². The van der Waals surface area contributed by atoms with Crippen LogP contribution in [0.1, 0.15) is 15.9 Å². The number of carbonyl (C=O) groups is 1. The lowest BCUT2D eigenvalue weighted by molar-refractivity contribution is 0.0785. The molecule has 152 valence electrons. The van der Waals surface area contributed by atoms with Crippen LogP contribution in [0.2, 0.25) is 5.02 Å². The minimum atomic E-state index is -3.86. The summed E-state index contributed by atoms with van der Waals surface area (Å²) < 4.78 is 37.6. The van der Waals surface area contributed by atoms with Gasteiger partial charge < -0.3 is 14.4 Å². The van der Waals surface area contributed by atoms with Crippen LogP contribution in [0.5, 0.6) is 5.75 Å². The first kappa shape index (κ1) is 22.2. The molecule has 2 rings (SSSR count). The number of benzene rings is 2. The Morgan fingerprint density at radius 1 is 1.18 bits per heavy atom. The quantitative estimate of drug-likeness (QED) is 0.623. The predicted molar refractivity (Wildman–Crippen MR) is 107 cm³/mol. The molecule has 0 heterocycles. The number of hydrogen-bond acceptors (Lipinski definition) is 5. The van der Waals surface area contributed by atoms with Gasteiger partial charge in [0.1, 0.15) is 10.6 Å². The summed E-state index contributed by atoms with van der Waals surface area (Å²) in [4.78, 5) is 14.2. The Labute approximate surface area is 170 Å². The maximum absolute atomic E-state index is 12.8. The van der Waals surface area contributed by atoms with Gasteiger partial charge in [-0.1, -0.05) is 23.7 Å². The van der Waals surface area contributed by atoms with E-state index in [1.807, 2.05) is 6.07 Å². The Balaban J connectivity index is 2.26. The van der Waals surface area contributed by atoms with Gasteiger partial charge >= 0.3 is 0 Å². The first-order chi connectivity index (χ1) is 13.3. The van der Waals surface area contributed by atoms with Gasteiger partial charge in [0.15, 0.2) is 0 Å². The maximum atomic E-state index is 12.8. The first-order valence-electron chi connectivity index (χ1n) is 8.45. The summed E-state index contributed by atoms with van der Waals surface area (Å²) >= 11 is 5.98. The molecule has 0 atom stereocenters. The molecule has 2 aromatic carbocycles. The molecule has 0 radical (unpaired) electrons. The maximum Gasteiger partial charge on any atom is 0.253 e. The molecule has 0 aliphatic carbocycles. The van der Waals surface area contributed by atoms with Crippen LogP contribution in [0.4, 0.5) is 0 Å². The van der Waals surface area contributed by atoms with Gasteiger partial charge in [-0.15, -0.1) is 0 Å². The number of sulfonamides is 1. The Bertz CT molecular complexity index is 934. The fraction of sp³-hybridized carbons (Fsp3) is 0.316. The Morgan fingerprint density at radius 3 is 2.57 bits per heavy atom. The van der Waals surface area contributed by atoms with E-state index in [1.54, 1.807) is 25.2 Å². The van der Waals surface area contributed by atoms with Gasteiger partial charge in [0, 0.05) is 37.8 Å². The molecule has 2 aromatic rings. The van der Waals surface area contributed by atoms with E-state index in [4.69, 9.17) is 21.1 Å². The minimum absolute atomic E-state index is 0.104. The standard InChI is InChI=1S/C19H23ClN2O5S/c1-22(13-14-5-4-6-16(20)11-14)19(23)15-7-8-17(27-3)18(12-15)28(24,25)21-9-10-26-2/h4-8,11-12,21H,9-10,13H2,1-3H3. The fourth-order valence-corrected chi connectivity index (χ4v) is 4.00. The van der Waals surface area contributed by atoms with E-state index in [9.17, 15) is 13.2 Å². The van der Waals surface area contributed by atoms with Crippen molar-refractivity contribution in [1.82, 2.24) is 9.62 Å². The number of hydrogen-bond donors (Lipinski definition) is 1. The van der Waals surface area contributed by atoms with Crippen molar-refractivity contribution in [2.24, 2.45) is 0 Å². The van der Waals surface area contributed by atoms with E-state index in [2.05, 4.69) is 4.72 Å². The normalized spacial score (nSPS) is 11.3. The third kappa shape index (κ3) is 5.68. The highest BCUT2D eigenvalue weighted by Crippen LogP contribution is 2.25. The van der Waals surface area contributed by atoms with Crippen LogP contribution in [-0.4, -0.2) is 53.6 Å². The lowest BCUT2D eigenvalue weighted by Gasteiger charge is -2.19. The first-order valence-corrected chi connectivity index (χ1v) is 10.3. The zero-order valence-corrected chi connectivity index (χ0v) is 17.5.